The average Bonchev–Trinajstić information content (AvgIpc) is 2.70. The second-order valence-electron chi connectivity index (χ2n) is 10.9. The number of aromatic nitrogens is 1. The summed E-state index contributed by atoms with van der Waals surface area (Å²) in [5.41, 5.74) is 6.40. The number of rotatable bonds is 2. The van der Waals surface area contributed by atoms with E-state index in [1.165, 1.54) is 39.1 Å². The summed E-state index contributed by atoms with van der Waals surface area (Å²) in [6, 6.07) is 14.0. The minimum atomic E-state index is -0.417. The first kappa shape index (κ1) is 29.7. The summed E-state index contributed by atoms with van der Waals surface area (Å²) in [5.74, 6) is 0.104. The predicted octanol–water partition coefficient (Wildman–Crippen LogP) is 8.02. The molecule has 185 valence electrons. The standard InChI is InChI=1S/C19H18N.C11H20O2.Ir/c1-12-8-9-16-14(3)11-20-19(18(16)10-12)17-7-5-6-13(2)15(17)4;1-10(2,3)8(12)7-9(13)11(4,5)6;/h5-6,8-11H,1-4H3;7,12H,1-6H3;/q-1;;/b;8-7-;. The number of aliphatic hydroxyl groups excluding tert-OH is 1. The number of fused-ring (bicyclic) bond motifs is 1. The maximum Gasteiger partial charge on any atom is 0.164 e. The Bertz CT molecular complexity index is 1190. The van der Waals surface area contributed by atoms with Gasteiger partial charge in [0.05, 0.1) is 0 Å². The van der Waals surface area contributed by atoms with Crippen molar-refractivity contribution in [1.82, 2.24) is 4.98 Å². The van der Waals surface area contributed by atoms with E-state index in [0.29, 0.717) is 0 Å². The molecule has 0 atom stereocenters. The van der Waals surface area contributed by atoms with Gasteiger partial charge in [-0.15, -0.1) is 34.9 Å². The Morgan fingerprint density at radius 1 is 0.912 bits per heavy atom. The topological polar surface area (TPSA) is 50.2 Å². The van der Waals surface area contributed by atoms with E-state index in [9.17, 15) is 9.90 Å². The first-order valence-corrected chi connectivity index (χ1v) is 11.4. The van der Waals surface area contributed by atoms with Crippen molar-refractivity contribution in [3.05, 3.63) is 76.7 Å². The van der Waals surface area contributed by atoms with Gasteiger partial charge in [0.15, 0.2) is 5.78 Å². The van der Waals surface area contributed by atoms with Crippen molar-refractivity contribution in [3.8, 4) is 11.3 Å². The van der Waals surface area contributed by atoms with Crippen molar-refractivity contribution in [3.63, 3.8) is 0 Å². The largest absolute Gasteiger partial charge is 0.512 e. The molecule has 0 spiro atoms. The number of hydrogen-bond donors (Lipinski definition) is 1. The van der Waals surface area contributed by atoms with Gasteiger partial charge in [-0.3, -0.25) is 4.79 Å². The SMILES string of the molecule is CC(C)(C)C(=O)/C=C(\O)C(C)(C)C.Cc1ccc2c(C)cnc(-c3[c-]ccc(C)c3C)c2c1.[Ir]. The summed E-state index contributed by atoms with van der Waals surface area (Å²) in [5, 5.41) is 12.1. The Labute approximate surface area is 219 Å². The van der Waals surface area contributed by atoms with Gasteiger partial charge in [0.25, 0.3) is 0 Å². The Morgan fingerprint density at radius 3 is 2.09 bits per heavy atom. The molecule has 1 aromatic heterocycles. The van der Waals surface area contributed by atoms with Crippen LogP contribution in [0.15, 0.2) is 48.4 Å². The number of aryl methyl sites for hydroxylation is 3. The monoisotopic (exact) mass is 637 g/mol. The van der Waals surface area contributed by atoms with Crippen molar-refractivity contribution in [1.29, 1.82) is 0 Å². The summed E-state index contributed by atoms with van der Waals surface area (Å²) in [7, 11) is 0. The molecular formula is C30H38IrNO2-. The maximum absolute atomic E-state index is 11.5. The second-order valence-corrected chi connectivity index (χ2v) is 10.9. The van der Waals surface area contributed by atoms with E-state index >= 15 is 0 Å². The number of carbonyl (C=O) groups is 1. The number of nitrogens with zero attached hydrogens (tertiary/aromatic N) is 1. The van der Waals surface area contributed by atoms with Crippen LogP contribution in [0.3, 0.4) is 0 Å². The minimum absolute atomic E-state index is 0. The third kappa shape index (κ3) is 7.35. The summed E-state index contributed by atoms with van der Waals surface area (Å²) in [4.78, 5) is 16.2. The van der Waals surface area contributed by atoms with Crippen molar-refractivity contribution in [2.75, 3.05) is 0 Å². The predicted molar refractivity (Wildman–Crippen MR) is 140 cm³/mol. The Morgan fingerprint density at radius 2 is 1.53 bits per heavy atom. The second kappa shape index (κ2) is 11.4. The third-order valence-electron chi connectivity index (χ3n) is 5.78. The smallest absolute Gasteiger partial charge is 0.164 e. The van der Waals surface area contributed by atoms with Gasteiger partial charge >= 0.3 is 0 Å². The van der Waals surface area contributed by atoms with E-state index in [1.54, 1.807) is 0 Å². The first-order chi connectivity index (χ1) is 15.1. The summed E-state index contributed by atoms with van der Waals surface area (Å²) >= 11 is 0. The molecule has 1 N–H and O–H groups in total. The van der Waals surface area contributed by atoms with E-state index < -0.39 is 5.41 Å². The van der Waals surface area contributed by atoms with Crippen molar-refractivity contribution < 1.29 is 30.0 Å². The van der Waals surface area contributed by atoms with E-state index in [1.807, 2.05) is 53.8 Å². The van der Waals surface area contributed by atoms with Crippen LogP contribution < -0.4 is 0 Å². The Balaban J connectivity index is 0.000000364. The number of ketones is 1. The normalized spacial score (nSPS) is 12.0. The molecule has 0 aliphatic carbocycles. The van der Waals surface area contributed by atoms with E-state index in [4.69, 9.17) is 0 Å². The molecule has 1 heterocycles. The number of hydrogen-bond acceptors (Lipinski definition) is 3. The zero-order valence-corrected chi connectivity index (χ0v) is 24.6. The fraction of sp³-hybridized carbons (Fsp3) is 0.400. The molecule has 0 aliphatic heterocycles. The molecule has 0 saturated carbocycles. The zero-order valence-electron chi connectivity index (χ0n) is 22.2. The van der Waals surface area contributed by atoms with Gasteiger partial charge in [0.2, 0.25) is 0 Å². The van der Waals surface area contributed by atoms with Crippen molar-refractivity contribution in [2.45, 2.75) is 69.2 Å². The maximum atomic E-state index is 11.5. The van der Waals surface area contributed by atoms with Crippen LogP contribution in [0.4, 0.5) is 0 Å². The molecule has 34 heavy (non-hydrogen) atoms. The van der Waals surface area contributed by atoms with Crippen molar-refractivity contribution in [2.24, 2.45) is 10.8 Å². The van der Waals surface area contributed by atoms with Crippen LogP contribution in [0.2, 0.25) is 0 Å². The van der Waals surface area contributed by atoms with Gasteiger partial charge in [0.1, 0.15) is 5.76 Å². The quantitative estimate of drug-likeness (QED) is 0.176. The Kier molecular flexibility index (Phi) is 9.99. The molecule has 3 rings (SSSR count). The van der Waals surface area contributed by atoms with Crippen molar-refractivity contribution >= 4 is 16.6 Å². The summed E-state index contributed by atoms with van der Waals surface area (Å²) in [6.07, 6.45) is 3.29. The van der Waals surface area contributed by atoms with Crippen LogP contribution in [0.25, 0.3) is 22.0 Å². The fourth-order valence-electron chi connectivity index (χ4n) is 3.18. The van der Waals surface area contributed by atoms with Crippen LogP contribution in [-0.4, -0.2) is 15.9 Å². The first-order valence-electron chi connectivity index (χ1n) is 11.4. The number of allylic oxidation sites excluding steroid dienone is 2. The fourth-order valence-corrected chi connectivity index (χ4v) is 3.18. The number of carbonyl (C=O) groups excluding carboxylic acids is 1. The van der Waals surface area contributed by atoms with Gasteiger partial charge < -0.3 is 10.1 Å². The van der Waals surface area contributed by atoms with Gasteiger partial charge in [-0.25, -0.2) is 0 Å². The van der Waals surface area contributed by atoms with E-state index in [0.717, 1.165) is 11.3 Å². The molecule has 0 unspecified atom stereocenters. The molecule has 0 amide bonds. The molecule has 0 saturated heterocycles. The summed E-state index contributed by atoms with van der Waals surface area (Å²) in [6.45, 7) is 19.6. The molecule has 1 radical (unpaired) electrons. The molecule has 3 nitrogen and oxygen atoms in total. The summed E-state index contributed by atoms with van der Waals surface area (Å²) < 4.78 is 0. The van der Waals surface area contributed by atoms with E-state index in [-0.39, 0.29) is 37.1 Å². The molecule has 4 heteroatoms. The minimum Gasteiger partial charge on any atom is -0.512 e. The van der Waals surface area contributed by atoms with Gasteiger partial charge in [-0.2, -0.15) is 0 Å². The number of pyridine rings is 1. The van der Waals surface area contributed by atoms with Crippen LogP contribution in [0, 0.1) is 44.6 Å². The molecule has 0 bridgehead atoms. The van der Waals surface area contributed by atoms with Crippen LogP contribution in [0.1, 0.15) is 63.8 Å². The third-order valence-corrected chi connectivity index (χ3v) is 5.78. The zero-order chi connectivity index (χ0) is 25.1. The number of benzene rings is 2. The molecule has 3 aromatic rings. The molecule has 2 aromatic carbocycles. The van der Waals surface area contributed by atoms with Gasteiger partial charge in [-0.1, -0.05) is 79.2 Å². The Hall–Kier alpha value is -2.29. The average molecular weight is 637 g/mol. The van der Waals surface area contributed by atoms with Gasteiger partial charge in [0, 0.05) is 43.2 Å². The molecule has 0 fully saturated rings. The molecular weight excluding hydrogens is 599 g/mol. The molecule has 0 aliphatic rings. The van der Waals surface area contributed by atoms with Crippen LogP contribution in [0.5, 0.6) is 0 Å². The van der Waals surface area contributed by atoms with Crippen LogP contribution in [-0.2, 0) is 24.9 Å². The van der Waals surface area contributed by atoms with Gasteiger partial charge in [-0.05, 0) is 35.9 Å². The number of aliphatic hydroxyl groups is 1. The van der Waals surface area contributed by atoms with E-state index in [2.05, 4.69) is 63.0 Å². The van der Waals surface area contributed by atoms with Crippen LogP contribution >= 0.6 is 0 Å².